The lowest BCUT2D eigenvalue weighted by Crippen LogP contribution is -2.59. The Kier molecular flexibility index (Phi) is 10.7. The van der Waals surface area contributed by atoms with Crippen molar-refractivity contribution in [1.82, 2.24) is 9.55 Å². The smallest absolute Gasteiger partial charge is 0.354 e. The fourth-order valence-electron chi connectivity index (χ4n) is 8.55. The summed E-state index contributed by atoms with van der Waals surface area (Å²) < 4.78 is 129. The Labute approximate surface area is 379 Å². The van der Waals surface area contributed by atoms with Gasteiger partial charge in [0.2, 0.25) is 0 Å². The van der Waals surface area contributed by atoms with Crippen molar-refractivity contribution >= 4 is 45.3 Å². The molecule has 66 heavy (non-hydrogen) atoms. The second kappa shape index (κ2) is 16.0. The number of alkyl halides is 9. The molecule has 0 saturated heterocycles. The van der Waals surface area contributed by atoms with Gasteiger partial charge in [0.15, 0.2) is 0 Å². The number of nitrogens with zero attached hydrogens (tertiary/aromatic N) is 3. The van der Waals surface area contributed by atoms with E-state index in [0.717, 1.165) is 44.1 Å². The number of aliphatic imine (C=N–C) groups is 2. The average molecular weight is 919 g/mol. The maximum atomic E-state index is 17.6. The Hall–Kier alpha value is -6.79. The van der Waals surface area contributed by atoms with Crippen LogP contribution in [-0.2, 0) is 13.0 Å². The molecule has 2 aromatic heterocycles. The molecule has 4 nitrogen and oxygen atoms in total. The first-order valence-corrected chi connectivity index (χ1v) is 21.2. The lowest BCUT2D eigenvalue weighted by molar-refractivity contribution is -0.352. The number of hydrogen-bond donors (Lipinski definition) is 1. The van der Waals surface area contributed by atoms with Gasteiger partial charge in [0.1, 0.15) is 0 Å². The maximum Gasteiger partial charge on any atom is 0.393 e. The van der Waals surface area contributed by atoms with Gasteiger partial charge in [0, 0.05) is 51.8 Å². The molecule has 0 spiro atoms. The fourth-order valence-corrected chi connectivity index (χ4v) is 8.67. The van der Waals surface area contributed by atoms with E-state index in [1.165, 1.54) is 19.2 Å². The first-order chi connectivity index (χ1) is 31.2. The van der Waals surface area contributed by atoms with Crippen molar-refractivity contribution in [2.24, 2.45) is 17.0 Å². The number of aromatic nitrogens is 2. The number of aromatic amines is 1. The van der Waals surface area contributed by atoms with Gasteiger partial charge in [0.05, 0.1) is 34.1 Å². The average Bonchev–Trinajstić information content (AvgIpc) is 4.10. The van der Waals surface area contributed by atoms with Crippen LogP contribution >= 0.6 is 11.6 Å². The monoisotopic (exact) mass is 918 g/mol. The molecule has 0 unspecified atom stereocenters. The maximum absolute atomic E-state index is 17.6. The lowest BCUT2D eigenvalue weighted by Gasteiger charge is -2.35. The van der Waals surface area contributed by atoms with Crippen molar-refractivity contribution in [1.29, 1.82) is 0 Å². The molecule has 6 aromatic rings. The topological polar surface area (TPSA) is 45.4 Å². The molecule has 5 heterocycles. The predicted octanol–water partition coefficient (Wildman–Crippen LogP) is 12.4. The number of aryl methyl sites for hydroxylation is 5. The molecule has 0 saturated carbocycles. The molecule has 0 radical (unpaired) electrons. The summed E-state index contributed by atoms with van der Waals surface area (Å²) in [5.41, 5.74) is 3.80. The zero-order chi connectivity index (χ0) is 47.1. The summed E-state index contributed by atoms with van der Waals surface area (Å²) >= 11 is 4.61. The number of rotatable bonds is 8. The molecule has 4 aromatic carbocycles. The highest BCUT2D eigenvalue weighted by Crippen LogP contribution is 2.60. The standard InChI is InChI=1S/C53H39ClF8N4/c1-29-6-14-33(15-7-29)44-37-28-66(5)49(48(37)50(55,56)51(57,58)52(59,60)53(54,61)62)47(36-20-12-32(4)13-21-36)43-27-26-42(65-43)46(35-18-10-31(3)11-19-35)41-25-24-40(64-41)45(39-23-22-38(44)63-39)34-16-8-30(2)9-17-34/h6-28,64H,1-5H3. The summed E-state index contributed by atoms with van der Waals surface area (Å²) in [5.74, 6) is -19.6. The number of nitrogens with one attached hydrogen (secondary N) is 1. The molecular formula is C53H39ClF8N4. The van der Waals surface area contributed by atoms with E-state index in [4.69, 9.17) is 9.98 Å². The highest BCUT2D eigenvalue weighted by molar-refractivity contribution is 6.31. The van der Waals surface area contributed by atoms with E-state index in [2.05, 4.69) is 16.6 Å². The van der Waals surface area contributed by atoms with E-state index in [1.54, 1.807) is 74.5 Å². The van der Waals surface area contributed by atoms with E-state index >= 15 is 26.3 Å². The van der Waals surface area contributed by atoms with Gasteiger partial charge in [-0.15, -0.1) is 0 Å². The molecule has 8 bridgehead atoms. The van der Waals surface area contributed by atoms with E-state index < -0.39 is 40.0 Å². The second-order valence-electron chi connectivity index (χ2n) is 16.8. The summed E-state index contributed by atoms with van der Waals surface area (Å²) in [4.78, 5) is 13.6. The van der Waals surface area contributed by atoms with Crippen molar-refractivity contribution in [2.45, 2.75) is 50.8 Å². The molecule has 3 aliphatic rings. The summed E-state index contributed by atoms with van der Waals surface area (Å²) in [6.07, 6.45) is 7.45. The number of benzene rings is 4. The van der Waals surface area contributed by atoms with Gasteiger partial charge in [-0.25, -0.2) is 9.98 Å². The van der Waals surface area contributed by atoms with Crippen molar-refractivity contribution in [3.8, 4) is 0 Å². The minimum Gasteiger partial charge on any atom is -0.354 e. The van der Waals surface area contributed by atoms with Gasteiger partial charge >= 0.3 is 23.1 Å². The number of allylic oxidation sites excluding steroid dienone is 4. The largest absolute Gasteiger partial charge is 0.393 e. The summed E-state index contributed by atoms with van der Waals surface area (Å²) in [5, 5.41) is -4.87. The van der Waals surface area contributed by atoms with Crippen LogP contribution in [0.3, 0.4) is 0 Å². The minimum atomic E-state index is -6.79. The third kappa shape index (κ3) is 7.31. The van der Waals surface area contributed by atoms with Gasteiger partial charge < -0.3 is 9.55 Å². The fraction of sp³-hybridized carbons (Fsp3) is 0.170. The summed E-state index contributed by atoms with van der Waals surface area (Å²) in [6.45, 7) is 7.42. The van der Waals surface area contributed by atoms with Crippen LogP contribution in [-0.4, -0.2) is 38.2 Å². The Morgan fingerprint density at radius 1 is 0.470 bits per heavy atom. The van der Waals surface area contributed by atoms with Crippen molar-refractivity contribution in [3.63, 3.8) is 0 Å². The first-order valence-electron chi connectivity index (χ1n) is 20.8. The SMILES string of the molecule is Cc1ccc(C2=C3C=CC(=N3)C(c3ccc(C)cc3)=c3ccc([nH]3)=C(c3ccc(C)cc3)C3=NC(=C(c4ccc(C)cc4)c4c(C(F)(F)C(F)(F)C(F)(F)C(F)(F)Cl)c2cn4C)C=C3)cc1. The van der Waals surface area contributed by atoms with E-state index in [0.29, 0.717) is 33.3 Å². The van der Waals surface area contributed by atoms with Crippen LogP contribution < -0.4 is 10.7 Å². The van der Waals surface area contributed by atoms with Gasteiger partial charge in [-0.2, -0.15) is 35.1 Å². The Bertz CT molecular complexity index is 3260. The summed E-state index contributed by atoms with van der Waals surface area (Å²) in [7, 11) is 1.29. The highest BCUT2D eigenvalue weighted by atomic mass is 35.5. The van der Waals surface area contributed by atoms with Gasteiger partial charge in [-0.05, 0) is 98.0 Å². The van der Waals surface area contributed by atoms with Crippen LogP contribution in [0, 0.1) is 27.7 Å². The molecule has 334 valence electrons. The zero-order valence-corrected chi connectivity index (χ0v) is 36.8. The minimum absolute atomic E-state index is 0.00167. The Morgan fingerprint density at radius 2 is 0.833 bits per heavy atom. The van der Waals surface area contributed by atoms with Crippen molar-refractivity contribution < 1.29 is 35.1 Å². The van der Waals surface area contributed by atoms with Crippen molar-refractivity contribution in [2.75, 3.05) is 0 Å². The lowest BCUT2D eigenvalue weighted by atomic mass is 9.85. The van der Waals surface area contributed by atoms with Gasteiger partial charge in [-0.3, -0.25) is 0 Å². The highest BCUT2D eigenvalue weighted by Gasteiger charge is 2.81. The molecule has 0 atom stereocenters. The quantitative estimate of drug-likeness (QED) is 0.117. The molecule has 13 heteroatoms. The number of hydrogen-bond acceptors (Lipinski definition) is 2. The third-order valence-corrected chi connectivity index (χ3v) is 12.3. The van der Waals surface area contributed by atoms with Crippen LogP contribution in [0.25, 0.3) is 22.3 Å². The van der Waals surface area contributed by atoms with Crippen LogP contribution in [0.2, 0.25) is 0 Å². The molecule has 0 amide bonds. The number of H-pyrrole nitrogens is 1. The molecular weight excluding hydrogens is 880 g/mol. The third-order valence-electron chi connectivity index (χ3n) is 12.0. The van der Waals surface area contributed by atoms with Crippen molar-refractivity contribution in [3.05, 3.63) is 223 Å². The van der Waals surface area contributed by atoms with Crippen LogP contribution in [0.4, 0.5) is 35.1 Å². The predicted molar refractivity (Wildman–Crippen MR) is 245 cm³/mol. The normalized spacial score (nSPS) is 15.6. The molecule has 0 aliphatic carbocycles. The molecule has 1 N–H and O–H groups in total. The zero-order valence-electron chi connectivity index (χ0n) is 36.0. The van der Waals surface area contributed by atoms with Crippen LogP contribution in [0.15, 0.2) is 161 Å². The van der Waals surface area contributed by atoms with Gasteiger partial charge in [-0.1, -0.05) is 119 Å². The van der Waals surface area contributed by atoms with Gasteiger partial charge in [0.25, 0.3) is 0 Å². The molecule has 3 aliphatic heterocycles. The number of fused-ring (bicyclic) bond motifs is 6. The molecule has 9 rings (SSSR count). The Morgan fingerprint density at radius 3 is 1.23 bits per heavy atom. The summed E-state index contributed by atoms with van der Waals surface area (Å²) in [6, 6.07) is 31.9. The molecule has 0 fully saturated rings. The van der Waals surface area contributed by atoms with Crippen LogP contribution in [0.5, 0.6) is 0 Å². The number of halogens is 9. The second-order valence-corrected chi connectivity index (χ2v) is 17.3. The van der Waals surface area contributed by atoms with Crippen LogP contribution in [0.1, 0.15) is 61.3 Å². The Balaban J connectivity index is 1.51. The van der Waals surface area contributed by atoms with E-state index in [-0.39, 0.29) is 33.7 Å². The first kappa shape index (κ1) is 44.4. The van der Waals surface area contributed by atoms with E-state index in [1.807, 2.05) is 74.5 Å². The van der Waals surface area contributed by atoms with E-state index in [9.17, 15) is 8.78 Å².